The lowest BCUT2D eigenvalue weighted by Gasteiger charge is -2.21. The lowest BCUT2D eigenvalue weighted by Crippen LogP contribution is -2.24. The number of nitrogens with one attached hydrogen (secondary N) is 1. The van der Waals surface area contributed by atoms with Gasteiger partial charge in [-0.05, 0) is 32.8 Å². The highest BCUT2D eigenvalue weighted by Gasteiger charge is 2.33. The molecule has 9 heteroatoms. The van der Waals surface area contributed by atoms with Gasteiger partial charge in [0, 0.05) is 25.8 Å². The van der Waals surface area contributed by atoms with Crippen molar-refractivity contribution in [3.05, 3.63) is 23.5 Å². The number of hydrogen-bond donors (Lipinski definition) is 1. The molecular weight excluding hydrogens is 325 g/mol. The van der Waals surface area contributed by atoms with E-state index >= 15 is 0 Å². The van der Waals surface area contributed by atoms with Gasteiger partial charge in [-0.2, -0.15) is 13.2 Å². The van der Waals surface area contributed by atoms with Crippen molar-refractivity contribution in [2.75, 3.05) is 24.5 Å². The molecule has 0 atom stereocenters. The van der Waals surface area contributed by atoms with E-state index in [1.165, 1.54) is 6.92 Å². The zero-order valence-electron chi connectivity index (χ0n) is 13.5. The number of amides is 1. The van der Waals surface area contributed by atoms with Crippen molar-refractivity contribution in [2.45, 2.75) is 32.9 Å². The SMILES string of the molecule is CCNC(=O)O/N=C(/C)c1ncc(C(F)(F)F)cc1N1CCCC1. The lowest BCUT2D eigenvalue weighted by atomic mass is 10.1. The molecule has 1 amide bonds. The van der Waals surface area contributed by atoms with E-state index in [0.717, 1.165) is 25.1 Å². The van der Waals surface area contributed by atoms with Crippen LogP contribution in [0.5, 0.6) is 0 Å². The van der Waals surface area contributed by atoms with Crippen LogP contribution in [0.15, 0.2) is 17.4 Å². The predicted molar refractivity (Wildman–Crippen MR) is 83.1 cm³/mol. The Morgan fingerprint density at radius 2 is 2.08 bits per heavy atom. The Hall–Kier alpha value is -2.32. The smallest absolute Gasteiger partial charge is 0.370 e. The summed E-state index contributed by atoms with van der Waals surface area (Å²) >= 11 is 0. The van der Waals surface area contributed by atoms with Gasteiger partial charge in [-0.15, -0.1) is 0 Å². The van der Waals surface area contributed by atoms with Crippen molar-refractivity contribution in [1.82, 2.24) is 10.3 Å². The van der Waals surface area contributed by atoms with Crippen LogP contribution in [-0.2, 0) is 11.0 Å². The molecule has 6 nitrogen and oxygen atoms in total. The number of halogens is 3. The molecule has 1 N–H and O–H groups in total. The summed E-state index contributed by atoms with van der Waals surface area (Å²) in [4.78, 5) is 21.7. The topological polar surface area (TPSA) is 66.8 Å². The second-order valence-corrected chi connectivity index (χ2v) is 5.37. The molecule has 24 heavy (non-hydrogen) atoms. The molecule has 0 aromatic carbocycles. The average molecular weight is 344 g/mol. The second kappa shape index (κ2) is 7.50. The number of anilines is 1. The zero-order valence-corrected chi connectivity index (χ0v) is 13.5. The molecular formula is C15H19F3N4O2. The Morgan fingerprint density at radius 1 is 1.42 bits per heavy atom. The summed E-state index contributed by atoms with van der Waals surface area (Å²) in [6.45, 7) is 4.95. The van der Waals surface area contributed by atoms with Crippen molar-refractivity contribution in [3.8, 4) is 0 Å². The summed E-state index contributed by atoms with van der Waals surface area (Å²) in [6.07, 6.45) is -2.63. The third kappa shape index (κ3) is 4.36. The van der Waals surface area contributed by atoms with Gasteiger partial charge in [0.05, 0.1) is 11.3 Å². The molecule has 0 saturated carbocycles. The Morgan fingerprint density at radius 3 is 2.67 bits per heavy atom. The molecule has 0 unspecified atom stereocenters. The minimum atomic E-state index is -4.47. The van der Waals surface area contributed by atoms with Crippen molar-refractivity contribution < 1.29 is 22.8 Å². The highest BCUT2D eigenvalue weighted by atomic mass is 19.4. The molecule has 0 aliphatic carbocycles. The fourth-order valence-corrected chi connectivity index (χ4v) is 2.42. The number of nitrogens with zero attached hydrogens (tertiary/aromatic N) is 3. The summed E-state index contributed by atoms with van der Waals surface area (Å²) < 4.78 is 38.9. The molecule has 2 heterocycles. The van der Waals surface area contributed by atoms with Gasteiger partial charge in [-0.3, -0.25) is 9.82 Å². The van der Waals surface area contributed by atoms with Crippen LogP contribution in [0.1, 0.15) is 37.9 Å². The lowest BCUT2D eigenvalue weighted by molar-refractivity contribution is -0.137. The Balaban J connectivity index is 2.33. The first-order chi connectivity index (χ1) is 11.3. The highest BCUT2D eigenvalue weighted by molar-refractivity contribution is 6.01. The standard InChI is InChI=1S/C15H19F3N4O2/c1-3-19-14(23)24-21-10(2)13-12(22-6-4-5-7-22)8-11(9-20-13)15(16,17)18/h8-9H,3-7H2,1-2H3,(H,19,23)/b21-10-. The van der Waals surface area contributed by atoms with Crippen LogP contribution in [0, 0.1) is 0 Å². The summed E-state index contributed by atoms with van der Waals surface area (Å²) in [5.74, 6) is 0. The number of pyridine rings is 1. The largest absolute Gasteiger partial charge is 0.433 e. The minimum Gasteiger partial charge on any atom is -0.370 e. The van der Waals surface area contributed by atoms with E-state index in [2.05, 4.69) is 20.3 Å². The summed E-state index contributed by atoms with van der Waals surface area (Å²) in [5.41, 5.74) is 0.0414. The zero-order chi connectivity index (χ0) is 17.7. The van der Waals surface area contributed by atoms with Gasteiger partial charge in [-0.25, -0.2) is 4.79 Å². The van der Waals surface area contributed by atoms with Crippen molar-refractivity contribution >= 4 is 17.5 Å². The van der Waals surface area contributed by atoms with Crippen LogP contribution in [0.2, 0.25) is 0 Å². The van der Waals surface area contributed by atoms with E-state index in [-0.39, 0.29) is 11.4 Å². The molecule has 0 bridgehead atoms. The van der Waals surface area contributed by atoms with Crippen molar-refractivity contribution in [1.29, 1.82) is 0 Å². The molecule has 1 aromatic rings. The fraction of sp³-hybridized carbons (Fsp3) is 0.533. The number of oxime groups is 1. The van der Waals surface area contributed by atoms with Crippen molar-refractivity contribution in [2.24, 2.45) is 5.16 Å². The summed E-state index contributed by atoms with van der Waals surface area (Å²) in [6, 6.07) is 1.07. The maximum atomic E-state index is 13.0. The fourth-order valence-electron chi connectivity index (χ4n) is 2.42. The van der Waals surface area contributed by atoms with Crippen LogP contribution in [-0.4, -0.2) is 36.4 Å². The van der Waals surface area contributed by atoms with Gasteiger partial charge < -0.3 is 10.2 Å². The molecule has 132 valence electrons. The van der Waals surface area contributed by atoms with E-state index < -0.39 is 17.8 Å². The van der Waals surface area contributed by atoms with Crippen LogP contribution in [0.25, 0.3) is 0 Å². The molecule has 2 rings (SSSR count). The van der Waals surface area contributed by atoms with Gasteiger partial charge in [0.15, 0.2) is 0 Å². The summed E-state index contributed by atoms with van der Waals surface area (Å²) in [5, 5.41) is 6.07. The van der Waals surface area contributed by atoms with E-state index in [4.69, 9.17) is 0 Å². The number of hydrogen-bond acceptors (Lipinski definition) is 5. The van der Waals surface area contributed by atoms with E-state index in [9.17, 15) is 18.0 Å². The predicted octanol–water partition coefficient (Wildman–Crippen LogP) is 3.17. The number of carbonyl (C=O) groups excluding carboxylic acids is 1. The average Bonchev–Trinajstić information content (AvgIpc) is 3.05. The molecule has 1 saturated heterocycles. The maximum absolute atomic E-state index is 13.0. The Kier molecular flexibility index (Phi) is 5.63. The normalized spacial score (nSPS) is 15.5. The van der Waals surface area contributed by atoms with Crippen LogP contribution in [0.3, 0.4) is 0 Å². The van der Waals surface area contributed by atoms with Gasteiger partial charge >= 0.3 is 12.3 Å². The van der Waals surface area contributed by atoms with Gasteiger partial charge in [0.25, 0.3) is 0 Å². The van der Waals surface area contributed by atoms with Crippen LogP contribution < -0.4 is 10.2 Å². The molecule has 0 radical (unpaired) electrons. The molecule has 1 fully saturated rings. The van der Waals surface area contributed by atoms with E-state index in [1.54, 1.807) is 6.92 Å². The number of carbonyl (C=O) groups is 1. The third-order valence-corrected chi connectivity index (χ3v) is 3.57. The molecule has 0 spiro atoms. The molecule has 1 aromatic heterocycles. The third-order valence-electron chi connectivity index (χ3n) is 3.57. The minimum absolute atomic E-state index is 0.233. The number of rotatable bonds is 4. The Bertz CT molecular complexity index is 626. The van der Waals surface area contributed by atoms with E-state index in [0.29, 0.717) is 25.3 Å². The molecule has 1 aliphatic heterocycles. The van der Waals surface area contributed by atoms with Crippen LogP contribution in [0.4, 0.5) is 23.7 Å². The number of alkyl halides is 3. The maximum Gasteiger partial charge on any atom is 0.433 e. The first-order valence-corrected chi connectivity index (χ1v) is 7.65. The van der Waals surface area contributed by atoms with E-state index in [1.807, 2.05) is 4.90 Å². The van der Waals surface area contributed by atoms with Gasteiger partial charge in [0.2, 0.25) is 0 Å². The highest BCUT2D eigenvalue weighted by Crippen LogP contribution is 2.33. The monoisotopic (exact) mass is 344 g/mol. The molecule has 1 aliphatic rings. The quantitative estimate of drug-likeness (QED) is 0.518. The van der Waals surface area contributed by atoms with Crippen LogP contribution >= 0.6 is 0 Å². The first kappa shape index (κ1) is 18.0. The second-order valence-electron chi connectivity index (χ2n) is 5.37. The van der Waals surface area contributed by atoms with Crippen molar-refractivity contribution in [3.63, 3.8) is 0 Å². The number of aromatic nitrogens is 1. The van der Waals surface area contributed by atoms with Gasteiger partial charge in [-0.1, -0.05) is 5.16 Å². The first-order valence-electron chi connectivity index (χ1n) is 7.65. The Labute approximate surface area is 137 Å². The summed E-state index contributed by atoms with van der Waals surface area (Å²) in [7, 11) is 0. The van der Waals surface area contributed by atoms with Gasteiger partial charge in [0.1, 0.15) is 11.4 Å².